The minimum atomic E-state index is 0. The summed E-state index contributed by atoms with van der Waals surface area (Å²) in [5.41, 5.74) is 2.76. The number of nitrogens with zero attached hydrogens (tertiary/aromatic N) is 1. The molecule has 5 rings (SSSR count). The quantitative estimate of drug-likeness (QED) is 0.539. The summed E-state index contributed by atoms with van der Waals surface area (Å²) in [6.45, 7) is 8.50. The summed E-state index contributed by atoms with van der Waals surface area (Å²) in [7, 11) is 2.12. The zero-order valence-corrected chi connectivity index (χ0v) is 23.8. The Morgan fingerprint density at radius 1 is 0.725 bits per heavy atom. The number of rotatable bonds is 6. The number of carbonyl (C=O) groups is 2. The van der Waals surface area contributed by atoms with Crippen LogP contribution in [0.3, 0.4) is 0 Å². The van der Waals surface area contributed by atoms with Gasteiger partial charge in [-0.3, -0.25) is 9.59 Å². The predicted octanol–water partition coefficient (Wildman–Crippen LogP) is 4.99. The fourth-order valence-electron chi connectivity index (χ4n) is 5.55. The SMILES string of the molecule is C.C1OCOCO1.CC(=O)C1CC(Cc2ccccc2)CN(C)C1.CC(=O)C1CNCC(Cc2ccccc2)C1. The Hall–Kier alpha value is -2.42. The second kappa shape index (κ2) is 18.8. The van der Waals surface area contributed by atoms with Crippen LogP contribution < -0.4 is 5.32 Å². The van der Waals surface area contributed by atoms with Gasteiger partial charge in [-0.25, -0.2) is 0 Å². The predicted molar refractivity (Wildman–Crippen MR) is 160 cm³/mol. The van der Waals surface area contributed by atoms with Gasteiger partial charge in [-0.1, -0.05) is 68.1 Å². The normalized spacial score (nSPS) is 24.7. The van der Waals surface area contributed by atoms with E-state index in [1.807, 2.05) is 6.07 Å². The molecule has 7 nitrogen and oxygen atoms in total. The minimum Gasteiger partial charge on any atom is -0.329 e. The van der Waals surface area contributed by atoms with Crippen LogP contribution in [0.4, 0.5) is 0 Å². The Labute approximate surface area is 241 Å². The summed E-state index contributed by atoms with van der Waals surface area (Å²) < 4.78 is 13.9. The average molecular weight is 555 g/mol. The molecule has 1 N–H and O–H groups in total. The van der Waals surface area contributed by atoms with E-state index >= 15 is 0 Å². The number of ketones is 2. The van der Waals surface area contributed by atoms with Crippen molar-refractivity contribution >= 4 is 11.6 Å². The smallest absolute Gasteiger partial charge is 0.152 e. The van der Waals surface area contributed by atoms with Crippen molar-refractivity contribution in [2.45, 2.75) is 47.0 Å². The second-order valence-electron chi connectivity index (χ2n) is 11.0. The maximum atomic E-state index is 11.5. The molecule has 0 bridgehead atoms. The molecule has 4 unspecified atom stereocenters. The topological polar surface area (TPSA) is 77.1 Å². The van der Waals surface area contributed by atoms with Gasteiger partial charge in [0.1, 0.15) is 11.6 Å². The summed E-state index contributed by atoms with van der Waals surface area (Å²) in [6.07, 6.45) is 4.26. The molecule has 0 aromatic heterocycles. The molecule has 4 atom stereocenters. The maximum absolute atomic E-state index is 11.5. The highest BCUT2D eigenvalue weighted by molar-refractivity contribution is 5.79. The Morgan fingerprint density at radius 3 is 1.68 bits per heavy atom. The Balaban J connectivity index is 0.000000228. The van der Waals surface area contributed by atoms with Crippen LogP contribution >= 0.6 is 0 Å². The lowest BCUT2D eigenvalue weighted by molar-refractivity contribution is -0.247. The van der Waals surface area contributed by atoms with E-state index in [1.165, 1.54) is 11.1 Å². The molecule has 222 valence electrons. The molecule has 0 radical (unpaired) electrons. The number of benzene rings is 2. The Kier molecular flexibility index (Phi) is 15.9. The molecule has 0 amide bonds. The Bertz CT molecular complexity index is 956. The number of carbonyl (C=O) groups excluding carboxylic acids is 2. The van der Waals surface area contributed by atoms with Gasteiger partial charge >= 0.3 is 0 Å². The third-order valence-corrected chi connectivity index (χ3v) is 7.55. The Morgan fingerprint density at radius 2 is 1.20 bits per heavy atom. The lowest BCUT2D eigenvalue weighted by atomic mass is 9.84. The second-order valence-corrected chi connectivity index (χ2v) is 11.0. The molecule has 3 heterocycles. The summed E-state index contributed by atoms with van der Waals surface area (Å²) in [5, 5.41) is 3.37. The first-order chi connectivity index (χ1) is 18.9. The van der Waals surface area contributed by atoms with E-state index in [9.17, 15) is 9.59 Å². The molecular formula is C33H50N2O5. The fraction of sp³-hybridized carbons (Fsp3) is 0.576. The van der Waals surface area contributed by atoms with Crippen molar-refractivity contribution in [1.82, 2.24) is 10.2 Å². The van der Waals surface area contributed by atoms with Gasteiger partial charge in [0.2, 0.25) is 0 Å². The molecule has 2 aromatic carbocycles. The van der Waals surface area contributed by atoms with E-state index in [4.69, 9.17) is 0 Å². The molecule has 2 aromatic rings. The van der Waals surface area contributed by atoms with E-state index in [-0.39, 0.29) is 19.3 Å². The van der Waals surface area contributed by atoms with Gasteiger partial charge in [0.15, 0.2) is 20.4 Å². The van der Waals surface area contributed by atoms with E-state index in [2.05, 4.69) is 86.1 Å². The number of ether oxygens (including phenoxy) is 3. The van der Waals surface area contributed by atoms with E-state index in [1.54, 1.807) is 13.8 Å². The van der Waals surface area contributed by atoms with Gasteiger partial charge in [-0.15, -0.1) is 0 Å². The molecule has 0 saturated carbocycles. The van der Waals surface area contributed by atoms with Crippen LogP contribution in [0.2, 0.25) is 0 Å². The fourth-order valence-corrected chi connectivity index (χ4v) is 5.55. The van der Waals surface area contributed by atoms with Crippen molar-refractivity contribution in [2.75, 3.05) is 53.6 Å². The molecule has 7 heteroatoms. The summed E-state index contributed by atoms with van der Waals surface area (Å²) >= 11 is 0. The first kappa shape index (κ1) is 33.8. The van der Waals surface area contributed by atoms with Crippen LogP contribution in [0.1, 0.15) is 45.2 Å². The monoisotopic (exact) mass is 554 g/mol. The average Bonchev–Trinajstić information content (AvgIpc) is 2.96. The van der Waals surface area contributed by atoms with E-state index in [0.717, 1.165) is 51.9 Å². The van der Waals surface area contributed by atoms with Crippen molar-refractivity contribution < 1.29 is 23.8 Å². The molecule has 3 saturated heterocycles. The summed E-state index contributed by atoms with van der Waals surface area (Å²) in [6, 6.07) is 21.1. The third-order valence-electron chi connectivity index (χ3n) is 7.55. The lowest BCUT2D eigenvalue weighted by Crippen LogP contribution is -2.41. The first-order valence-electron chi connectivity index (χ1n) is 14.1. The number of nitrogens with one attached hydrogen (secondary N) is 1. The highest BCUT2D eigenvalue weighted by Crippen LogP contribution is 2.25. The first-order valence-corrected chi connectivity index (χ1v) is 14.1. The number of hydrogen-bond acceptors (Lipinski definition) is 7. The van der Waals surface area contributed by atoms with Crippen LogP contribution in [0, 0.1) is 23.7 Å². The van der Waals surface area contributed by atoms with Crippen LogP contribution in [0.15, 0.2) is 60.7 Å². The van der Waals surface area contributed by atoms with Gasteiger partial charge in [-0.05, 0) is 76.1 Å². The van der Waals surface area contributed by atoms with Crippen molar-refractivity contribution in [3.8, 4) is 0 Å². The van der Waals surface area contributed by atoms with Gasteiger partial charge < -0.3 is 24.4 Å². The van der Waals surface area contributed by atoms with Crippen LogP contribution in [0.25, 0.3) is 0 Å². The highest BCUT2D eigenvalue weighted by atomic mass is 16.8. The third kappa shape index (κ3) is 12.8. The molecule has 3 aliphatic heterocycles. The van der Waals surface area contributed by atoms with E-state index in [0.29, 0.717) is 43.8 Å². The zero-order chi connectivity index (χ0) is 27.9. The number of hydrogen-bond donors (Lipinski definition) is 1. The van der Waals surface area contributed by atoms with Gasteiger partial charge in [0.25, 0.3) is 0 Å². The minimum absolute atomic E-state index is 0. The van der Waals surface area contributed by atoms with E-state index < -0.39 is 0 Å². The van der Waals surface area contributed by atoms with Crippen molar-refractivity contribution in [3.05, 3.63) is 71.8 Å². The zero-order valence-electron chi connectivity index (χ0n) is 23.8. The van der Waals surface area contributed by atoms with Crippen LogP contribution in [-0.2, 0) is 36.6 Å². The number of Topliss-reactive ketones (excluding diaryl/α,β-unsaturated/α-hetero) is 2. The number of likely N-dealkylation sites (tertiary alicyclic amines) is 1. The lowest BCUT2D eigenvalue weighted by Gasteiger charge is -2.34. The standard InChI is InChI=1S/C15H21NO.C14H19NO.C3H6O3.CH4/c1-12(17)15-9-14(10-16(2)11-15)8-13-6-4-3-5-7-13;1-11(16)14-8-13(9-15-10-14)7-12-5-3-2-4-6-12;1-4-2-6-3-5-1;/h3-7,14-15H,8-11H2,1-2H3;2-6,13-15H,7-10H2,1H3;1-3H2;1H4. The maximum Gasteiger partial charge on any atom is 0.152 e. The van der Waals surface area contributed by atoms with Crippen molar-refractivity contribution in [3.63, 3.8) is 0 Å². The molecule has 0 spiro atoms. The highest BCUT2D eigenvalue weighted by Gasteiger charge is 2.28. The largest absolute Gasteiger partial charge is 0.329 e. The van der Waals surface area contributed by atoms with Gasteiger partial charge in [0.05, 0.1) is 0 Å². The van der Waals surface area contributed by atoms with Gasteiger partial charge in [0, 0.05) is 31.5 Å². The number of piperidine rings is 2. The molecule has 3 fully saturated rings. The molecule has 40 heavy (non-hydrogen) atoms. The van der Waals surface area contributed by atoms with Crippen molar-refractivity contribution in [2.24, 2.45) is 23.7 Å². The molecule has 0 aliphatic carbocycles. The van der Waals surface area contributed by atoms with Crippen molar-refractivity contribution in [1.29, 1.82) is 0 Å². The van der Waals surface area contributed by atoms with Crippen LogP contribution in [0.5, 0.6) is 0 Å². The molecular weight excluding hydrogens is 504 g/mol. The molecule has 3 aliphatic rings. The summed E-state index contributed by atoms with van der Waals surface area (Å²) in [5.74, 6) is 2.35. The van der Waals surface area contributed by atoms with Gasteiger partial charge in [-0.2, -0.15) is 0 Å². The summed E-state index contributed by atoms with van der Waals surface area (Å²) in [4.78, 5) is 25.2. The van der Waals surface area contributed by atoms with Crippen LogP contribution in [-0.4, -0.2) is 70.1 Å².